The molecule has 1 amide bonds. The third-order valence-electron chi connectivity index (χ3n) is 4.73. The van der Waals surface area contributed by atoms with Gasteiger partial charge in [0, 0.05) is 10.8 Å². The zero-order chi connectivity index (χ0) is 21.4. The summed E-state index contributed by atoms with van der Waals surface area (Å²) in [5.74, 6) is 0.500. The molecular formula is C21H18FN3O4S. The number of benzene rings is 2. The second-order valence-corrected chi connectivity index (χ2v) is 7.61. The highest BCUT2D eigenvalue weighted by molar-refractivity contribution is 7.25. The van der Waals surface area contributed by atoms with Crippen LogP contribution >= 0.6 is 11.3 Å². The quantitative estimate of drug-likeness (QED) is 0.525. The highest BCUT2D eigenvalue weighted by Crippen LogP contribution is 2.32. The number of amides is 1. The normalized spacial score (nSPS) is 11.1. The zero-order valence-corrected chi connectivity index (χ0v) is 17.3. The minimum Gasteiger partial charge on any atom is -0.497 e. The van der Waals surface area contributed by atoms with Crippen molar-refractivity contribution in [1.82, 2.24) is 9.55 Å². The largest absolute Gasteiger partial charge is 0.497 e. The van der Waals surface area contributed by atoms with Gasteiger partial charge in [-0.25, -0.2) is 9.37 Å². The van der Waals surface area contributed by atoms with E-state index in [1.165, 1.54) is 36.2 Å². The Labute approximate surface area is 174 Å². The van der Waals surface area contributed by atoms with E-state index in [0.29, 0.717) is 43.3 Å². The van der Waals surface area contributed by atoms with E-state index in [0.717, 1.165) is 0 Å². The molecule has 0 radical (unpaired) electrons. The number of rotatable bonds is 5. The van der Waals surface area contributed by atoms with Crippen molar-refractivity contribution in [2.75, 3.05) is 19.5 Å². The first-order valence-corrected chi connectivity index (χ1v) is 9.84. The number of hydrogen-bond acceptors (Lipinski definition) is 6. The predicted molar refractivity (Wildman–Crippen MR) is 114 cm³/mol. The number of methoxy groups -OCH3 is 2. The number of thiophene rings is 1. The summed E-state index contributed by atoms with van der Waals surface area (Å²) in [7, 11) is 3.02. The average molecular weight is 427 g/mol. The van der Waals surface area contributed by atoms with Crippen LogP contribution in [0.3, 0.4) is 0 Å². The Balaban J connectivity index is 1.69. The number of carbonyl (C=O) groups excluding carboxylic acids is 1. The fourth-order valence-electron chi connectivity index (χ4n) is 3.26. The van der Waals surface area contributed by atoms with Crippen LogP contribution < -0.4 is 20.3 Å². The number of hydrogen-bond donors (Lipinski definition) is 1. The highest BCUT2D eigenvalue weighted by Gasteiger charge is 2.18. The van der Waals surface area contributed by atoms with Gasteiger partial charge in [-0.05, 0) is 31.2 Å². The number of nitrogens with zero attached hydrogens (tertiary/aromatic N) is 2. The van der Waals surface area contributed by atoms with E-state index in [9.17, 15) is 14.0 Å². The van der Waals surface area contributed by atoms with E-state index >= 15 is 0 Å². The van der Waals surface area contributed by atoms with Crippen LogP contribution in [0.15, 0.2) is 41.2 Å². The fraction of sp³-hybridized carbons (Fsp3) is 0.190. The summed E-state index contributed by atoms with van der Waals surface area (Å²) >= 11 is 1.17. The smallest absolute Gasteiger partial charge is 0.272 e. The van der Waals surface area contributed by atoms with Gasteiger partial charge in [0.25, 0.3) is 5.56 Å². The van der Waals surface area contributed by atoms with Gasteiger partial charge >= 0.3 is 0 Å². The topological polar surface area (TPSA) is 82.5 Å². The summed E-state index contributed by atoms with van der Waals surface area (Å²) in [6.45, 7) is 1.38. The van der Waals surface area contributed by atoms with Gasteiger partial charge in [0.15, 0.2) is 0 Å². The lowest BCUT2D eigenvalue weighted by atomic mass is 10.2. The molecule has 9 heteroatoms. The van der Waals surface area contributed by atoms with Crippen molar-refractivity contribution in [2.24, 2.45) is 0 Å². The van der Waals surface area contributed by atoms with Gasteiger partial charge in [-0.3, -0.25) is 14.2 Å². The summed E-state index contributed by atoms with van der Waals surface area (Å²) in [5, 5.41) is 3.07. The lowest BCUT2D eigenvalue weighted by molar-refractivity contribution is -0.116. The lowest BCUT2D eigenvalue weighted by Crippen LogP contribution is -2.29. The van der Waals surface area contributed by atoms with E-state index in [2.05, 4.69) is 10.3 Å². The average Bonchev–Trinajstić information content (AvgIpc) is 3.11. The zero-order valence-electron chi connectivity index (χ0n) is 16.5. The Bertz CT molecular complexity index is 1350. The molecule has 0 spiro atoms. The molecule has 0 aliphatic rings. The number of aromatic nitrogens is 2. The van der Waals surface area contributed by atoms with Crippen LogP contribution in [0.1, 0.15) is 5.82 Å². The van der Waals surface area contributed by atoms with Crippen LogP contribution in [0.25, 0.3) is 20.3 Å². The van der Waals surface area contributed by atoms with Crippen molar-refractivity contribution >= 4 is 43.2 Å². The Morgan fingerprint density at radius 2 is 2.03 bits per heavy atom. The molecule has 1 N–H and O–H groups in total. The number of anilines is 1. The molecule has 154 valence electrons. The van der Waals surface area contributed by atoms with Gasteiger partial charge in [-0.1, -0.05) is 6.07 Å². The third kappa shape index (κ3) is 3.37. The SMILES string of the molecule is COc1ccc(NC(=O)Cn2c(C)nc3c(sc4cccc(F)c43)c2=O)c(OC)c1. The molecule has 0 atom stereocenters. The molecule has 0 bridgehead atoms. The maximum absolute atomic E-state index is 14.3. The molecular weight excluding hydrogens is 409 g/mol. The fourth-order valence-corrected chi connectivity index (χ4v) is 4.36. The molecule has 7 nitrogen and oxygen atoms in total. The summed E-state index contributed by atoms with van der Waals surface area (Å²) in [6.07, 6.45) is 0. The number of halogens is 1. The second kappa shape index (κ2) is 7.75. The molecule has 2 aromatic heterocycles. The molecule has 0 unspecified atom stereocenters. The second-order valence-electron chi connectivity index (χ2n) is 6.56. The summed E-state index contributed by atoms with van der Waals surface area (Å²) in [5.41, 5.74) is 0.394. The minimum absolute atomic E-state index is 0.237. The summed E-state index contributed by atoms with van der Waals surface area (Å²) in [6, 6.07) is 9.66. The Kier molecular flexibility index (Phi) is 5.13. The summed E-state index contributed by atoms with van der Waals surface area (Å²) in [4.78, 5) is 30.1. The molecule has 0 aliphatic carbocycles. The highest BCUT2D eigenvalue weighted by atomic mass is 32.1. The number of ether oxygens (including phenoxy) is 2. The maximum Gasteiger partial charge on any atom is 0.272 e. The molecule has 0 saturated heterocycles. The molecule has 4 rings (SSSR count). The van der Waals surface area contributed by atoms with E-state index < -0.39 is 11.7 Å². The van der Waals surface area contributed by atoms with Crippen molar-refractivity contribution < 1.29 is 18.7 Å². The predicted octanol–water partition coefficient (Wildman–Crippen LogP) is 3.71. The van der Waals surface area contributed by atoms with E-state index in [4.69, 9.17) is 9.47 Å². The van der Waals surface area contributed by atoms with Gasteiger partial charge in [0.2, 0.25) is 5.91 Å². The van der Waals surface area contributed by atoms with Crippen LogP contribution in [0.5, 0.6) is 11.5 Å². The molecule has 0 saturated carbocycles. The standard InChI is InChI=1S/C21H18FN3O4S/c1-11-23-19-18-13(22)5-4-6-16(18)30-20(19)21(27)25(11)10-17(26)24-14-8-7-12(28-2)9-15(14)29-3/h4-9H,10H2,1-3H3,(H,24,26). The Hall–Kier alpha value is -3.46. The number of nitrogens with one attached hydrogen (secondary N) is 1. The number of carbonyl (C=O) groups is 1. The maximum atomic E-state index is 14.3. The van der Waals surface area contributed by atoms with Crippen LogP contribution in [0.2, 0.25) is 0 Å². The van der Waals surface area contributed by atoms with Crippen molar-refractivity contribution in [3.05, 3.63) is 58.4 Å². The molecule has 4 aromatic rings. The van der Waals surface area contributed by atoms with Gasteiger partial charge in [0.05, 0.1) is 30.8 Å². The number of fused-ring (bicyclic) bond motifs is 3. The van der Waals surface area contributed by atoms with Gasteiger partial charge in [0.1, 0.15) is 34.4 Å². The van der Waals surface area contributed by atoms with Crippen LogP contribution in [-0.4, -0.2) is 29.7 Å². The molecule has 30 heavy (non-hydrogen) atoms. The van der Waals surface area contributed by atoms with Crippen molar-refractivity contribution in [2.45, 2.75) is 13.5 Å². The third-order valence-corrected chi connectivity index (χ3v) is 5.86. The molecule has 2 heterocycles. The summed E-state index contributed by atoms with van der Waals surface area (Å²) < 4.78 is 26.9. The van der Waals surface area contributed by atoms with E-state index in [-0.39, 0.29) is 12.1 Å². The van der Waals surface area contributed by atoms with Crippen LogP contribution in [-0.2, 0) is 11.3 Å². The van der Waals surface area contributed by atoms with Crippen LogP contribution in [0.4, 0.5) is 10.1 Å². The van der Waals surface area contributed by atoms with Crippen molar-refractivity contribution in [1.29, 1.82) is 0 Å². The first kappa shape index (κ1) is 19.8. The number of aryl methyl sites for hydroxylation is 1. The molecule has 0 fully saturated rings. The Morgan fingerprint density at radius 1 is 1.23 bits per heavy atom. The monoisotopic (exact) mass is 427 g/mol. The molecule has 0 aliphatic heterocycles. The van der Waals surface area contributed by atoms with Crippen molar-refractivity contribution in [3.8, 4) is 11.5 Å². The lowest BCUT2D eigenvalue weighted by Gasteiger charge is -2.13. The van der Waals surface area contributed by atoms with Crippen molar-refractivity contribution in [3.63, 3.8) is 0 Å². The van der Waals surface area contributed by atoms with Gasteiger partial charge in [-0.2, -0.15) is 0 Å². The van der Waals surface area contributed by atoms with Gasteiger partial charge in [-0.15, -0.1) is 11.3 Å². The van der Waals surface area contributed by atoms with E-state index in [1.807, 2.05) is 0 Å². The van der Waals surface area contributed by atoms with E-state index in [1.54, 1.807) is 37.3 Å². The Morgan fingerprint density at radius 3 is 2.77 bits per heavy atom. The van der Waals surface area contributed by atoms with Gasteiger partial charge < -0.3 is 14.8 Å². The first-order chi connectivity index (χ1) is 14.4. The first-order valence-electron chi connectivity index (χ1n) is 9.03. The van der Waals surface area contributed by atoms with Crippen LogP contribution in [0, 0.1) is 12.7 Å². The molecule has 2 aromatic carbocycles. The minimum atomic E-state index is -0.424.